The second kappa shape index (κ2) is 8.39. The molecule has 6 nitrogen and oxygen atoms in total. The third-order valence-electron chi connectivity index (χ3n) is 4.40. The van der Waals surface area contributed by atoms with Gasteiger partial charge >= 0.3 is 5.97 Å². The first-order chi connectivity index (χ1) is 14.2. The molecule has 0 spiro atoms. The van der Waals surface area contributed by atoms with Gasteiger partial charge in [-0.2, -0.15) is 0 Å². The number of rotatable bonds is 6. The van der Waals surface area contributed by atoms with Gasteiger partial charge in [-0.1, -0.05) is 59.8 Å². The largest absolute Gasteiger partial charge is 0.455 e. The summed E-state index contributed by atoms with van der Waals surface area (Å²) in [5.74, 6) is -0.950. The van der Waals surface area contributed by atoms with Crippen molar-refractivity contribution < 1.29 is 18.8 Å². The molecule has 4 rings (SSSR count). The zero-order valence-electron chi connectivity index (χ0n) is 15.5. The summed E-state index contributed by atoms with van der Waals surface area (Å²) in [5, 5.41) is 7.36. The van der Waals surface area contributed by atoms with Crippen molar-refractivity contribution in [1.29, 1.82) is 0 Å². The maximum absolute atomic E-state index is 12.1. The quantitative estimate of drug-likeness (QED) is 0.502. The third-order valence-corrected chi connectivity index (χ3v) is 4.40. The SMILES string of the molecule is O=C(COC(=O)Cc1noc2ccccc12)Nc1ccc(-c2ccccc2)cc1. The van der Waals surface area contributed by atoms with Crippen molar-refractivity contribution in [1.82, 2.24) is 5.16 Å². The number of carbonyl (C=O) groups is 2. The topological polar surface area (TPSA) is 81.4 Å². The number of esters is 1. The molecule has 6 heteroatoms. The van der Waals surface area contributed by atoms with Crippen molar-refractivity contribution >= 4 is 28.5 Å². The molecule has 1 heterocycles. The minimum atomic E-state index is -0.543. The van der Waals surface area contributed by atoms with Gasteiger partial charge in [-0.15, -0.1) is 0 Å². The molecule has 0 radical (unpaired) electrons. The van der Waals surface area contributed by atoms with Crippen LogP contribution in [-0.4, -0.2) is 23.6 Å². The van der Waals surface area contributed by atoms with E-state index in [1.54, 1.807) is 6.07 Å². The summed E-state index contributed by atoms with van der Waals surface area (Å²) in [4.78, 5) is 24.1. The van der Waals surface area contributed by atoms with E-state index >= 15 is 0 Å². The molecule has 0 aliphatic carbocycles. The fraction of sp³-hybridized carbons (Fsp3) is 0.0870. The van der Waals surface area contributed by atoms with Crippen LogP contribution in [0, 0.1) is 0 Å². The van der Waals surface area contributed by atoms with Crippen LogP contribution in [0.1, 0.15) is 5.69 Å². The summed E-state index contributed by atoms with van der Waals surface area (Å²) in [6, 6.07) is 24.7. The van der Waals surface area contributed by atoms with E-state index in [0.717, 1.165) is 16.5 Å². The predicted octanol–water partition coefficient (Wildman–Crippen LogP) is 4.22. The fourth-order valence-corrected chi connectivity index (χ4v) is 2.97. The fourth-order valence-electron chi connectivity index (χ4n) is 2.97. The van der Waals surface area contributed by atoms with Gasteiger partial charge in [0.05, 0.1) is 6.42 Å². The first-order valence-electron chi connectivity index (χ1n) is 9.13. The number of ether oxygens (including phenoxy) is 1. The average Bonchev–Trinajstić information content (AvgIpc) is 3.16. The molecule has 29 heavy (non-hydrogen) atoms. The van der Waals surface area contributed by atoms with E-state index in [0.29, 0.717) is 17.0 Å². The summed E-state index contributed by atoms with van der Waals surface area (Å²) in [5.41, 5.74) is 3.87. The highest BCUT2D eigenvalue weighted by Gasteiger charge is 2.14. The number of para-hydroxylation sites is 1. The van der Waals surface area contributed by atoms with Crippen molar-refractivity contribution in [3.63, 3.8) is 0 Å². The maximum Gasteiger partial charge on any atom is 0.312 e. The Morgan fingerprint density at radius 3 is 2.34 bits per heavy atom. The van der Waals surface area contributed by atoms with Gasteiger partial charge in [0.25, 0.3) is 5.91 Å². The van der Waals surface area contributed by atoms with Gasteiger partial charge < -0.3 is 14.6 Å². The molecular formula is C23H18N2O4. The van der Waals surface area contributed by atoms with Crippen molar-refractivity contribution in [2.45, 2.75) is 6.42 Å². The number of aromatic nitrogens is 1. The van der Waals surface area contributed by atoms with Crippen LogP contribution in [0.15, 0.2) is 83.4 Å². The summed E-state index contributed by atoms with van der Waals surface area (Å²) in [6.45, 7) is -0.366. The first-order valence-corrected chi connectivity index (χ1v) is 9.13. The Labute approximate surface area is 167 Å². The van der Waals surface area contributed by atoms with Crippen LogP contribution in [0.5, 0.6) is 0 Å². The summed E-state index contributed by atoms with van der Waals surface area (Å²) >= 11 is 0. The van der Waals surface area contributed by atoms with E-state index in [2.05, 4.69) is 10.5 Å². The summed E-state index contributed by atoms with van der Waals surface area (Å²) < 4.78 is 10.2. The molecule has 0 fully saturated rings. The molecule has 0 saturated carbocycles. The summed E-state index contributed by atoms with van der Waals surface area (Å²) in [6.07, 6.45) is -0.0595. The number of amides is 1. The van der Waals surface area contributed by atoms with Crippen LogP contribution < -0.4 is 5.32 Å². The molecule has 0 unspecified atom stereocenters. The highest BCUT2D eigenvalue weighted by Crippen LogP contribution is 2.21. The van der Waals surface area contributed by atoms with Crippen molar-refractivity contribution in [3.8, 4) is 11.1 Å². The van der Waals surface area contributed by atoms with Crippen LogP contribution in [-0.2, 0) is 20.7 Å². The molecular weight excluding hydrogens is 368 g/mol. The van der Waals surface area contributed by atoms with Gasteiger partial charge in [-0.05, 0) is 35.4 Å². The van der Waals surface area contributed by atoms with E-state index in [-0.39, 0.29) is 13.0 Å². The second-order valence-corrected chi connectivity index (χ2v) is 6.45. The normalized spacial score (nSPS) is 10.6. The zero-order chi connectivity index (χ0) is 20.1. The average molecular weight is 386 g/mol. The number of nitrogens with one attached hydrogen (secondary N) is 1. The Morgan fingerprint density at radius 2 is 1.55 bits per heavy atom. The minimum absolute atomic E-state index is 0.0595. The molecule has 4 aromatic rings. The maximum atomic E-state index is 12.1. The molecule has 0 bridgehead atoms. The number of fused-ring (bicyclic) bond motifs is 1. The smallest absolute Gasteiger partial charge is 0.312 e. The van der Waals surface area contributed by atoms with Crippen molar-refractivity contribution in [2.75, 3.05) is 11.9 Å². The van der Waals surface area contributed by atoms with E-state index in [9.17, 15) is 9.59 Å². The number of anilines is 1. The number of nitrogens with zero attached hydrogens (tertiary/aromatic N) is 1. The molecule has 1 N–H and O–H groups in total. The molecule has 1 amide bonds. The molecule has 3 aromatic carbocycles. The van der Waals surface area contributed by atoms with E-state index in [1.807, 2.05) is 72.8 Å². The number of hydrogen-bond acceptors (Lipinski definition) is 5. The van der Waals surface area contributed by atoms with Crippen molar-refractivity contribution in [2.24, 2.45) is 0 Å². The Kier molecular flexibility index (Phi) is 5.33. The Bertz CT molecular complexity index is 1130. The lowest BCUT2D eigenvalue weighted by Crippen LogP contribution is -2.21. The molecule has 0 atom stereocenters. The van der Waals surface area contributed by atoms with E-state index in [1.165, 1.54) is 0 Å². The second-order valence-electron chi connectivity index (χ2n) is 6.45. The van der Waals surface area contributed by atoms with E-state index in [4.69, 9.17) is 9.26 Å². The summed E-state index contributed by atoms with van der Waals surface area (Å²) in [7, 11) is 0. The minimum Gasteiger partial charge on any atom is -0.455 e. The van der Waals surface area contributed by atoms with Gasteiger partial charge in [-0.3, -0.25) is 9.59 Å². The molecule has 1 aromatic heterocycles. The van der Waals surface area contributed by atoms with Gasteiger partial charge in [0.1, 0.15) is 5.69 Å². The van der Waals surface area contributed by atoms with Crippen LogP contribution in [0.3, 0.4) is 0 Å². The lowest BCUT2D eigenvalue weighted by molar-refractivity contribution is -0.146. The van der Waals surface area contributed by atoms with Gasteiger partial charge in [-0.25, -0.2) is 0 Å². The number of benzene rings is 3. The zero-order valence-corrected chi connectivity index (χ0v) is 15.5. The third kappa shape index (κ3) is 4.50. The standard InChI is InChI=1S/C23H18N2O4/c26-22(24-18-12-10-17(11-13-18)16-6-2-1-3-7-16)15-28-23(27)14-20-19-8-4-5-9-21(19)29-25-20/h1-13H,14-15H2,(H,24,26). The molecule has 0 aliphatic heterocycles. The Balaban J connectivity index is 1.29. The van der Waals surface area contributed by atoms with Crippen LogP contribution >= 0.6 is 0 Å². The van der Waals surface area contributed by atoms with Gasteiger partial charge in [0, 0.05) is 11.1 Å². The molecule has 0 saturated heterocycles. The number of carbonyl (C=O) groups excluding carboxylic acids is 2. The lowest BCUT2D eigenvalue weighted by atomic mass is 10.1. The Hall–Kier alpha value is -3.93. The highest BCUT2D eigenvalue weighted by molar-refractivity contribution is 5.93. The van der Waals surface area contributed by atoms with Crippen molar-refractivity contribution in [3.05, 3.63) is 84.6 Å². The van der Waals surface area contributed by atoms with Gasteiger partial charge in [0.15, 0.2) is 12.2 Å². The lowest BCUT2D eigenvalue weighted by Gasteiger charge is -2.07. The monoisotopic (exact) mass is 386 g/mol. The highest BCUT2D eigenvalue weighted by atomic mass is 16.5. The Morgan fingerprint density at radius 1 is 0.862 bits per heavy atom. The number of hydrogen-bond donors (Lipinski definition) is 1. The molecule has 144 valence electrons. The predicted molar refractivity (Wildman–Crippen MR) is 109 cm³/mol. The van der Waals surface area contributed by atoms with Crippen LogP contribution in [0.25, 0.3) is 22.1 Å². The van der Waals surface area contributed by atoms with Crippen LogP contribution in [0.2, 0.25) is 0 Å². The first kappa shape index (κ1) is 18.4. The van der Waals surface area contributed by atoms with E-state index < -0.39 is 11.9 Å². The van der Waals surface area contributed by atoms with Crippen LogP contribution in [0.4, 0.5) is 5.69 Å². The van der Waals surface area contributed by atoms with Gasteiger partial charge in [0.2, 0.25) is 0 Å². The molecule has 0 aliphatic rings.